The highest BCUT2D eigenvalue weighted by Gasteiger charge is 2.41. The summed E-state index contributed by atoms with van der Waals surface area (Å²) in [5.74, 6) is -2.69. The maximum atomic E-state index is 12.6. The van der Waals surface area contributed by atoms with E-state index in [2.05, 4.69) is 0 Å². The van der Waals surface area contributed by atoms with E-state index in [1.165, 1.54) is 17.0 Å². The smallest absolute Gasteiger partial charge is 0.317 e. The number of carboxylic acid groups (broad SMARTS) is 1. The van der Waals surface area contributed by atoms with E-state index in [4.69, 9.17) is 5.11 Å². The van der Waals surface area contributed by atoms with Crippen LogP contribution < -0.4 is 0 Å². The molecule has 1 heterocycles. The molecule has 1 N–H and O–H groups in total. The van der Waals surface area contributed by atoms with Gasteiger partial charge in [0.05, 0.1) is 0 Å². The number of carboxylic acids is 1. The highest BCUT2D eigenvalue weighted by atomic mass is 19.1. The molecular weight excluding hydrogens is 213 g/mol. The zero-order valence-corrected chi connectivity index (χ0v) is 8.39. The molecule has 2 rings (SSSR count). The average Bonchev–Trinajstić information content (AvgIpc) is 2.25. The maximum absolute atomic E-state index is 12.6. The Balaban J connectivity index is 1.96. The molecule has 1 fully saturated rings. The van der Waals surface area contributed by atoms with Crippen molar-refractivity contribution in [3.63, 3.8) is 0 Å². The molecule has 1 aromatic rings. The molecule has 0 aliphatic carbocycles. The van der Waals surface area contributed by atoms with Gasteiger partial charge in [0.1, 0.15) is 5.82 Å². The minimum Gasteiger partial charge on any atom is -0.481 e. The Hall–Kier alpha value is -1.91. The summed E-state index contributed by atoms with van der Waals surface area (Å²) in [5, 5.41) is 8.63. The van der Waals surface area contributed by atoms with Crippen LogP contribution in [0.1, 0.15) is 5.56 Å². The number of carbonyl (C=O) groups excluding carboxylic acids is 1. The van der Waals surface area contributed by atoms with Gasteiger partial charge in [0, 0.05) is 13.1 Å². The summed E-state index contributed by atoms with van der Waals surface area (Å²) in [4.78, 5) is 23.3. The van der Waals surface area contributed by atoms with Crippen molar-refractivity contribution in [3.05, 3.63) is 35.6 Å². The monoisotopic (exact) mass is 223 g/mol. The molecular formula is C11H10FNO3. The molecule has 5 heteroatoms. The minimum atomic E-state index is -1.08. The molecule has 1 amide bonds. The Morgan fingerprint density at radius 2 is 2.06 bits per heavy atom. The number of benzene rings is 1. The van der Waals surface area contributed by atoms with Gasteiger partial charge in [-0.05, 0) is 17.7 Å². The first-order chi connectivity index (χ1) is 7.58. The fourth-order valence-corrected chi connectivity index (χ4v) is 1.63. The first kappa shape index (κ1) is 10.6. The molecule has 0 bridgehead atoms. The summed E-state index contributed by atoms with van der Waals surface area (Å²) in [6.07, 6.45) is 0. The number of aliphatic carboxylic acids is 1. The second kappa shape index (κ2) is 3.92. The standard InChI is InChI=1S/C11H10FNO3/c12-8-3-1-7(2-4-8)5-13-6-9(10(13)14)11(15)16/h1-4,9H,5-6H2,(H,15,16). The lowest BCUT2D eigenvalue weighted by molar-refractivity contribution is -0.162. The molecule has 16 heavy (non-hydrogen) atoms. The van der Waals surface area contributed by atoms with Gasteiger partial charge >= 0.3 is 5.97 Å². The third-order valence-electron chi connectivity index (χ3n) is 2.60. The molecule has 0 aromatic heterocycles. The van der Waals surface area contributed by atoms with Gasteiger partial charge in [-0.1, -0.05) is 12.1 Å². The summed E-state index contributed by atoms with van der Waals surface area (Å²) in [5.41, 5.74) is 0.790. The van der Waals surface area contributed by atoms with Gasteiger partial charge in [0.25, 0.3) is 0 Å². The Morgan fingerprint density at radius 1 is 1.44 bits per heavy atom. The van der Waals surface area contributed by atoms with Crippen LogP contribution in [0.2, 0.25) is 0 Å². The number of hydrogen-bond acceptors (Lipinski definition) is 2. The van der Waals surface area contributed by atoms with E-state index < -0.39 is 11.9 Å². The molecule has 1 aliphatic rings. The second-order valence-corrected chi connectivity index (χ2v) is 3.74. The molecule has 1 aliphatic heterocycles. The average molecular weight is 223 g/mol. The van der Waals surface area contributed by atoms with Gasteiger partial charge in [0.15, 0.2) is 5.92 Å². The number of amides is 1. The minimum absolute atomic E-state index is 0.228. The number of nitrogens with zero attached hydrogens (tertiary/aromatic N) is 1. The molecule has 1 atom stereocenters. The van der Waals surface area contributed by atoms with E-state index in [-0.39, 0.29) is 18.3 Å². The van der Waals surface area contributed by atoms with Gasteiger partial charge in [-0.3, -0.25) is 9.59 Å². The second-order valence-electron chi connectivity index (χ2n) is 3.74. The number of halogens is 1. The predicted octanol–water partition coefficient (Wildman–Crippen LogP) is 0.869. The third kappa shape index (κ3) is 1.88. The first-order valence-corrected chi connectivity index (χ1v) is 4.84. The Bertz CT molecular complexity index is 429. The molecule has 84 valence electrons. The van der Waals surface area contributed by atoms with Crippen LogP contribution in [0, 0.1) is 11.7 Å². The van der Waals surface area contributed by atoms with Crippen LogP contribution in [0.25, 0.3) is 0 Å². The van der Waals surface area contributed by atoms with Crippen molar-refractivity contribution in [1.82, 2.24) is 4.90 Å². The fraction of sp³-hybridized carbons (Fsp3) is 0.273. The lowest BCUT2D eigenvalue weighted by Gasteiger charge is -2.36. The molecule has 1 saturated heterocycles. The Labute approximate surface area is 91.3 Å². The first-order valence-electron chi connectivity index (χ1n) is 4.84. The summed E-state index contributed by atoms with van der Waals surface area (Å²) in [6, 6.07) is 5.79. The molecule has 4 nitrogen and oxygen atoms in total. The lowest BCUT2D eigenvalue weighted by Crippen LogP contribution is -2.54. The Kier molecular flexibility index (Phi) is 2.60. The molecule has 0 radical (unpaired) electrons. The van der Waals surface area contributed by atoms with E-state index in [0.29, 0.717) is 6.54 Å². The van der Waals surface area contributed by atoms with Crippen molar-refractivity contribution in [2.24, 2.45) is 5.92 Å². The van der Waals surface area contributed by atoms with Crippen molar-refractivity contribution in [3.8, 4) is 0 Å². The summed E-state index contributed by atoms with van der Waals surface area (Å²) >= 11 is 0. The van der Waals surface area contributed by atoms with Crippen molar-refractivity contribution < 1.29 is 19.1 Å². The van der Waals surface area contributed by atoms with Crippen LogP contribution in [0.3, 0.4) is 0 Å². The highest BCUT2D eigenvalue weighted by Crippen LogP contribution is 2.20. The lowest BCUT2D eigenvalue weighted by atomic mass is 9.98. The van der Waals surface area contributed by atoms with Gasteiger partial charge in [-0.2, -0.15) is 0 Å². The normalized spacial score (nSPS) is 19.4. The quantitative estimate of drug-likeness (QED) is 0.611. The topological polar surface area (TPSA) is 57.6 Å². The largest absolute Gasteiger partial charge is 0.481 e. The van der Waals surface area contributed by atoms with Crippen LogP contribution in [0.5, 0.6) is 0 Å². The zero-order chi connectivity index (χ0) is 11.7. The molecule has 1 unspecified atom stereocenters. The van der Waals surface area contributed by atoms with E-state index >= 15 is 0 Å². The van der Waals surface area contributed by atoms with Crippen molar-refractivity contribution >= 4 is 11.9 Å². The number of hydrogen-bond donors (Lipinski definition) is 1. The summed E-state index contributed by atoms with van der Waals surface area (Å²) in [6.45, 7) is 0.564. The van der Waals surface area contributed by atoms with E-state index in [0.717, 1.165) is 5.56 Å². The zero-order valence-electron chi connectivity index (χ0n) is 8.39. The predicted molar refractivity (Wildman–Crippen MR) is 52.9 cm³/mol. The molecule has 0 spiro atoms. The van der Waals surface area contributed by atoms with Crippen LogP contribution >= 0.6 is 0 Å². The molecule has 1 aromatic carbocycles. The van der Waals surface area contributed by atoms with Gasteiger partial charge in [-0.25, -0.2) is 4.39 Å². The maximum Gasteiger partial charge on any atom is 0.317 e. The highest BCUT2D eigenvalue weighted by molar-refractivity contribution is 6.01. The van der Waals surface area contributed by atoms with Gasteiger partial charge in [-0.15, -0.1) is 0 Å². The van der Waals surface area contributed by atoms with Crippen molar-refractivity contribution in [1.29, 1.82) is 0 Å². The summed E-state index contributed by atoms with van der Waals surface area (Å²) in [7, 11) is 0. The molecule has 0 saturated carbocycles. The number of likely N-dealkylation sites (tertiary alicyclic amines) is 1. The fourth-order valence-electron chi connectivity index (χ4n) is 1.63. The SMILES string of the molecule is O=C(O)C1CN(Cc2ccc(F)cc2)C1=O. The van der Waals surface area contributed by atoms with Crippen LogP contribution in [0.4, 0.5) is 4.39 Å². The van der Waals surface area contributed by atoms with E-state index in [9.17, 15) is 14.0 Å². The summed E-state index contributed by atoms with van der Waals surface area (Å²) < 4.78 is 12.6. The Morgan fingerprint density at radius 3 is 2.56 bits per heavy atom. The van der Waals surface area contributed by atoms with Crippen LogP contribution in [-0.2, 0) is 16.1 Å². The number of β-lactam (4-membered cyclic amide) rings is 1. The van der Waals surface area contributed by atoms with Crippen LogP contribution in [0.15, 0.2) is 24.3 Å². The third-order valence-corrected chi connectivity index (χ3v) is 2.60. The van der Waals surface area contributed by atoms with Gasteiger partial charge < -0.3 is 10.0 Å². The van der Waals surface area contributed by atoms with Gasteiger partial charge in [0.2, 0.25) is 5.91 Å². The van der Waals surface area contributed by atoms with Crippen LogP contribution in [-0.4, -0.2) is 28.4 Å². The van der Waals surface area contributed by atoms with Crippen molar-refractivity contribution in [2.45, 2.75) is 6.54 Å². The number of rotatable bonds is 3. The van der Waals surface area contributed by atoms with E-state index in [1.54, 1.807) is 12.1 Å². The number of carbonyl (C=O) groups is 2. The van der Waals surface area contributed by atoms with E-state index in [1.807, 2.05) is 0 Å². The van der Waals surface area contributed by atoms with Crippen molar-refractivity contribution in [2.75, 3.05) is 6.54 Å².